The topological polar surface area (TPSA) is 37.3 Å². The number of rotatable bonds is 2. The van der Waals surface area contributed by atoms with Crippen molar-refractivity contribution in [1.29, 1.82) is 0 Å². The molecule has 0 amide bonds. The van der Waals surface area contributed by atoms with Crippen molar-refractivity contribution >= 4 is 12.0 Å². The largest absolute Gasteiger partial charge is 1.00 e. The molecule has 1 aromatic rings. The van der Waals surface area contributed by atoms with E-state index in [1.54, 1.807) is 6.08 Å². The standard InChI is InChI=1S/C9H8O2.Na.H/c10-9(11)7-6-8-4-2-1-3-5-8;;/h1-7H,(H,10,11);;/q;+1;-1. The Balaban J connectivity index is 0. The van der Waals surface area contributed by atoms with Crippen molar-refractivity contribution in [3.63, 3.8) is 0 Å². The van der Waals surface area contributed by atoms with E-state index in [1.165, 1.54) is 0 Å². The van der Waals surface area contributed by atoms with Crippen molar-refractivity contribution < 1.29 is 40.9 Å². The Morgan fingerprint density at radius 2 is 1.92 bits per heavy atom. The van der Waals surface area contributed by atoms with Crippen molar-refractivity contribution in [2.45, 2.75) is 0 Å². The third kappa shape index (κ3) is 4.34. The van der Waals surface area contributed by atoms with Crippen LogP contribution in [0.3, 0.4) is 0 Å². The Hall–Kier alpha value is -0.570. The first-order valence-electron chi connectivity index (χ1n) is 3.25. The molecule has 0 aliphatic carbocycles. The maximum Gasteiger partial charge on any atom is 1.00 e. The molecule has 0 aromatic heterocycles. The van der Waals surface area contributed by atoms with Crippen molar-refractivity contribution in [3.8, 4) is 0 Å². The second-order valence-corrected chi connectivity index (χ2v) is 2.08. The Kier molecular flexibility index (Phi) is 5.72. The van der Waals surface area contributed by atoms with Crippen LogP contribution in [0.5, 0.6) is 0 Å². The van der Waals surface area contributed by atoms with Crippen LogP contribution in [0.4, 0.5) is 0 Å². The van der Waals surface area contributed by atoms with Crippen LogP contribution in [0.25, 0.3) is 6.08 Å². The molecule has 58 valence electrons. The molecular formula is C9H9NaO2. The number of hydrogen-bond acceptors (Lipinski definition) is 1. The Morgan fingerprint density at radius 3 is 2.42 bits per heavy atom. The molecule has 0 spiro atoms. The SMILES string of the molecule is O=C(O)C=Cc1ccccc1.[H-].[Na+]. The predicted molar refractivity (Wildman–Crippen MR) is 44.2 cm³/mol. The summed E-state index contributed by atoms with van der Waals surface area (Å²) in [6.45, 7) is 0. The first kappa shape index (κ1) is 11.4. The van der Waals surface area contributed by atoms with E-state index in [0.29, 0.717) is 0 Å². The fraction of sp³-hybridized carbons (Fsp3) is 0. The number of hydrogen-bond donors (Lipinski definition) is 1. The minimum Gasteiger partial charge on any atom is -1.00 e. The van der Waals surface area contributed by atoms with Gasteiger partial charge in [-0.15, -0.1) is 0 Å². The van der Waals surface area contributed by atoms with Gasteiger partial charge in [0, 0.05) is 6.08 Å². The molecule has 1 rings (SSSR count). The minimum absolute atomic E-state index is 0. The van der Waals surface area contributed by atoms with Crippen LogP contribution in [0.2, 0.25) is 0 Å². The summed E-state index contributed by atoms with van der Waals surface area (Å²) in [5.41, 5.74) is 0.898. The molecule has 0 aliphatic heterocycles. The Labute approximate surface area is 94.7 Å². The maximum atomic E-state index is 10.1. The van der Waals surface area contributed by atoms with Crippen molar-refractivity contribution in [1.82, 2.24) is 0 Å². The smallest absolute Gasteiger partial charge is 1.00 e. The quantitative estimate of drug-likeness (QED) is 0.454. The Bertz CT molecular complexity index is 272. The summed E-state index contributed by atoms with van der Waals surface area (Å²) in [5.74, 6) is -0.922. The molecule has 0 saturated heterocycles. The van der Waals surface area contributed by atoms with Crippen LogP contribution >= 0.6 is 0 Å². The first-order valence-corrected chi connectivity index (χ1v) is 3.25. The van der Waals surface area contributed by atoms with E-state index in [-0.39, 0.29) is 31.0 Å². The zero-order valence-electron chi connectivity index (χ0n) is 7.90. The van der Waals surface area contributed by atoms with Crippen molar-refractivity contribution in [2.75, 3.05) is 0 Å². The summed E-state index contributed by atoms with van der Waals surface area (Å²) < 4.78 is 0. The molecule has 0 bridgehead atoms. The molecule has 0 radical (unpaired) electrons. The van der Waals surface area contributed by atoms with E-state index < -0.39 is 5.97 Å². The van der Waals surface area contributed by atoms with Crippen molar-refractivity contribution in [2.24, 2.45) is 0 Å². The van der Waals surface area contributed by atoms with Gasteiger partial charge in [-0.2, -0.15) is 0 Å². The number of carboxylic acids is 1. The molecule has 0 aliphatic rings. The van der Waals surface area contributed by atoms with Gasteiger partial charge in [-0.3, -0.25) is 0 Å². The number of aliphatic carboxylic acids is 1. The van der Waals surface area contributed by atoms with Crippen LogP contribution in [-0.4, -0.2) is 11.1 Å². The van der Waals surface area contributed by atoms with Gasteiger partial charge >= 0.3 is 35.5 Å². The zero-order chi connectivity index (χ0) is 8.10. The van der Waals surface area contributed by atoms with Crippen molar-refractivity contribution in [3.05, 3.63) is 42.0 Å². The monoisotopic (exact) mass is 172 g/mol. The molecule has 2 nitrogen and oxygen atoms in total. The van der Waals surface area contributed by atoms with E-state index >= 15 is 0 Å². The number of carboxylic acid groups (broad SMARTS) is 1. The summed E-state index contributed by atoms with van der Waals surface area (Å²) in [6, 6.07) is 9.31. The maximum absolute atomic E-state index is 10.1. The first-order chi connectivity index (χ1) is 5.29. The third-order valence-corrected chi connectivity index (χ3v) is 1.22. The molecule has 3 heteroatoms. The summed E-state index contributed by atoms with van der Waals surface area (Å²) in [7, 11) is 0. The summed E-state index contributed by atoms with van der Waals surface area (Å²) in [5, 5.41) is 8.29. The summed E-state index contributed by atoms with van der Waals surface area (Å²) in [6.07, 6.45) is 2.68. The van der Waals surface area contributed by atoms with Gasteiger partial charge < -0.3 is 6.53 Å². The van der Waals surface area contributed by atoms with E-state index in [2.05, 4.69) is 0 Å². The molecule has 12 heavy (non-hydrogen) atoms. The average molecular weight is 172 g/mol. The van der Waals surface area contributed by atoms with Crippen LogP contribution in [0, 0.1) is 0 Å². The van der Waals surface area contributed by atoms with Gasteiger partial charge in [-0.1, -0.05) is 30.3 Å². The van der Waals surface area contributed by atoms with Gasteiger partial charge in [0.05, 0.1) is 0 Å². The molecule has 1 N–H and O–H groups in total. The average Bonchev–Trinajstić information content (AvgIpc) is 2.03. The second-order valence-electron chi connectivity index (χ2n) is 2.08. The number of benzene rings is 1. The van der Waals surface area contributed by atoms with E-state index in [1.807, 2.05) is 30.3 Å². The van der Waals surface area contributed by atoms with E-state index in [0.717, 1.165) is 11.6 Å². The second kappa shape index (κ2) is 6.00. The molecule has 0 saturated carbocycles. The van der Waals surface area contributed by atoms with Crippen LogP contribution < -0.4 is 29.6 Å². The van der Waals surface area contributed by atoms with E-state index in [4.69, 9.17) is 5.11 Å². The molecule has 0 unspecified atom stereocenters. The molecule has 0 heterocycles. The minimum atomic E-state index is -0.922. The molecule has 0 atom stereocenters. The molecular weight excluding hydrogens is 163 g/mol. The van der Waals surface area contributed by atoms with Gasteiger partial charge in [0.2, 0.25) is 0 Å². The van der Waals surface area contributed by atoms with Crippen LogP contribution in [0.1, 0.15) is 6.99 Å². The summed E-state index contributed by atoms with van der Waals surface area (Å²) in [4.78, 5) is 10.1. The normalized spacial score (nSPS) is 9.33. The zero-order valence-corrected chi connectivity index (χ0v) is 8.90. The van der Waals surface area contributed by atoms with Gasteiger partial charge in [-0.05, 0) is 11.6 Å². The Morgan fingerprint density at radius 1 is 1.33 bits per heavy atom. The van der Waals surface area contributed by atoms with Gasteiger partial charge in [0.1, 0.15) is 0 Å². The predicted octanol–water partition coefficient (Wildman–Crippen LogP) is -1.10. The van der Waals surface area contributed by atoms with Crippen LogP contribution in [-0.2, 0) is 4.79 Å². The fourth-order valence-electron chi connectivity index (χ4n) is 0.732. The molecule has 0 fully saturated rings. The number of carbonyl (C=O) groups is 1. The molecule has 1 aromatic carbocycles. The summed E-state index contributed by atoms with van der Waals surface area (Å²) >= 11 is 0. The fourth-order valence-corrected chi connectivity index (χ4v) is 0.732. The van der Waals surface area contributed by atoms with E-state index in [9.17, 15) is 4.79 Å². The van der Waals surface area contributed by atoms with Gasteiger partial charge in [0.15, 0.2) is 0 Å². The van der Waals surface area contributed by atoms with Gasteiger partial charge in [0.25, 0.3) is 0 Å². The third-order valence-electron chi connectivity index (χ3n) is 1.22. The van der Waals surface area contributed by atoms with Crippen LogP contribution in [0.15, 0.2) is 36.4 Å². The van der Waals surface area contributed by atoms with Gasteiger partial charge in [-0.25, -0.2) is 4.79 Å².